The molecule has 1 aromatic rings. The highest BCUT2D eigenvalue weighted by Crippen LogP contribution is 2.11. The molecule has 18 heavy (non-hydrogen) atoms. The molecule has 1 aromatic carbocycles. The molecule has 0 radical (unpaired) electrons. The van der Waals surface area contributed by atoms with E-state index in [1.54, 1.807) is 0 Å². The summed E-state index contributed by atoms with van der Waals surface area (Å²) in [5.41, 5.74) is 5.11. The zero-order valence-corrected chi connectivity index (χ0v) is 9.37. The van der Waals surface area contributed by atoms with E-state index < -0.39 is 30.9 Å². The molecule has 0 heterocycles. The largest absolute Gasteiger partial charge is 0.508 e. The third-order valence-corrected chi connectivity index (χ3v) is 2.07. The van der Waals surface area contributed by atoms with Crippen molar-refractivity contribution in [1.29, 1.82) is 0 Å². The molecule has 0 unspecified atom stereocenters. The Morgan fingerprint density at radius 1 is 1.11 bits per heavy atom. The van der Waals surface area contributed by atoms with E-state index in [2.05, 4.69) is 0 Å². The van der Waals surface area contributed by atoms with E-state index in [4.69, 9.17) is 15.9 Å². The van der Waals surface area contributed by atoms with Crippen LogP contribution in [-0.4, -0.2) is 46.0 Å². The van der Waals surface area contributed by atoms with Crippen molar-refractivity contribution in [2.24, 2.45) is 5.73 Å². The Balaban J connectivity index is 2.90. The summed E-state index contributed by atoms with van der Waals surface area (Å²) in [5, 5.41) is 17.7. The number of benzene rings is 1. The number of carboxylic acids is 1. The zero-order valence-electron chi connectivity index (χ0n) is 9.37. The first-order valence-corrected chi connectivity index (χ1v) is 4.98. The number of aromatic hydroxyl groups is 1. The molecule has 0 aromatic heterocycles. The fraction of sp³-hybridized carbons (Fsp3) is 0.182. The Morgan fingerprint density at radius 2 is 1.67 bits per heavy atom. The summed E-state index contributed by atoms with van der Waals surface area (Å²) in [5.74, 6) is -2.71. The van der Waals surface area contributed by atoms with Gasteiger partial charge in [0, 0.05) is 5.56 Å². The number of hydrogen-bond donors (Lipinski definition) is 3. The first-order valence-electron chi connectivity index (χ1n) is 4.98. The maximum Gasteiger partial charge on any atom is 0.323 e. The Bertz CT molecular complexity index is 453. The second kappa shape index (κ2) is 5.67. The number of rotatable bonds is 5. The van der Waals surface area contributed by atoms with Crippen LogP contribution in [0.4, 0.5) is 0 Å². The van der Waals surface area contributed by atoms with Gasteiger partial charge in [-0.25, -0.2) is 0 Å². The van der Waals surface area contributed by atoms with Gasteiger partial charge in [0.15, 0.2) is 0 Å². The molecule has 2 amide bonds. The van der Waals surface area contributed by atoms with Gasteiger partial charge in [-0.1, -0.05) is 0 Å². The predicted molar refractivity (Wildman–Crippen MR) is 60.8 cm³/mol. The number of phenolic OH excluding ortho intramolecular Hbond substituents is 1. The van der Waals surface area contributed by atoms with Crippen molar-refractivity contribution in [3.05, 3.63) is 29.8 Å². The minimum absolute atomic E-state index is 0.0220. The number of carbonyl (C=O) groups excluding carboxylic acids is 2. The van der Waals surface area contributed by atoms with Gasteiger partial charge in [0.05, 0.1) is 0 Å². The minimum Gasteiger partial charge on any atom is -0.508 e. The SMILES string of the molecule is NC(=O)CN(CC(=O)O)C(=O)c1ccc(O)cc1. The molecule has 7 nitrogen and oxygen atoms in total. The number of amides is 2. The van der Waals surface area contributed by atoms with Crippen LogP contribution in [0, 0.1) is 0 Å². The summed E-state index contributed by atoms with van der Waals surface area (Å²) in [6.07, 6.45) is 0. The highest BCUT2D eigenvalue weighted by Gasteiger charge is 2.20. The standard InChI is InChI=1S/C11H12N2O5/c12-9(15)5-13(6-10(16)17)11(18)7-1-3-8(14)4-2-7/h1-4,14H,5-6H2,(H2,12,15)(H,16,17). The fourth-order valence-corrected chi connectivity index (χ4v) is 1.34. The van der Waals surface area contributed by atoms with Gasteiger partial charge in [-0.15, -0.1) is 0 Å². The number of carboxylic acid groups (broad SMARTS) is 1. The Kier molecular flexibility index (Phi) is 4.25. The Morgan fingerprint density at radius 3 is 2.11 bits per heavy atom. The topological polar surface area (TPSA) is 121 Å². The van der Waals surface area contributed by atoms with Crippen LogP contribution in [0.5, 0.6) is 5.75 Å². The lowest BCUT2D eigenvalue weighted by Gasteiger charge is -2.18. The molecular formula is C11H12N2O5. The number of aliphatic carboxylic acids is 1. The summed E-state index contributed by atoms with van der Waals surface area (Å²) in [7, 11) is 0. The van der Waals surface area contributed by atoms with Gasteiger partial charge >= 0.3 is 5.97 Å². The molecule has 0 fully saturated rings. The molecule has 0 bridgehead atoms. The molecule has 7 heteroatoms. The number of hydrogen-bond acceptors (Lipinski definition) is 4. The number of phenols is 1. The van der Waals surface area contributed by atoms with Crippen LogP contribution in [0.2, 0.25) is 0 Å². The van der Waals surface area contributed by atoms with E-state index in [0.29, 0.717) is 0 Å². The second-order valence-corrected chi connectivity index (χ2v) is 3.57. The summed E-state index contributed by atoms with van der Waals surface area (Å²) in [6.45, 7) is -1.10. The first-order chi connectivity index (χ1) is 8.40. The number of nitrogens with two attached hydrogens (primary N) is 1. The lowest BCUT2D eigenvalue weighted by atomic mass is 10.2. The summed E-state index contributed by atoms with van der Waals surface area (Å²) < 4.78 is 0. The molecule has 0 aliphatic heterocycles. The molecule has 0 saturated carbocycles. The maximum absolute atomic E-state index is 11.9. The van der Waals surface area contributed by atoms with Crippen molar-refractivity contribution in [3.63, 3.8) is 0 Å². The van der Waals surface area contributed by atoms with Crippen molar-refractivity contribution < 1.29 is 24.6 Å². The molecule has 0 saturated heterocycles. The normalized spacial score (nSPS) is 9.78. The number of primary amides is 1. The first kappa shape index (κ1) is 13.5. The van der Waals surface area contributed by atoms with Gasteiger partial charge in [-0.2, -0.15) is 0 Å². The average Bonchev–Trinajstić information content (AvgIpc) is 2.27. The smallest absolute Gasteiger partial charge is 0.323 e. The maximum atomic E-state index is 11.9. The highest BCUT2D eigenvalue weighted by atomic mass is 16.4. The van der Waals surface area contributed by atoms with E-state index in [9.17, 15) is 14.4 Å². The molecule has 0 spiro atoms. The van der Waals surface area contributed by atoms with Gasteiger partial charge in [-0.05, 0) is 24.3 Å². The molecule has 0 atom stereocenters. The summed E-state index contributed by atoms with van der Waals surface area (Å²) in [4.78, 5) is 34.1. The van der Waals surface area contributed by atoms with Crippen LogP contribution < -0.4 is 5.73 Å². The Labute approximate surface area is 102 Å². The van der Waals surface area contributed by atoms with Gasteiger partial charge in [0.25, 0.3) is 5.91 Å². The van der Waals surface area contributed by atoms with E-state index in [1.807, 2.05) is 0 Å². The predicted octanol–water partition coefficient (Wildman–Crippen LogP) is -0.596. The van der Waals surface area contributed by atoms with Crippen LogP contribution in [0.1, 0.15) is 10.4 Å². The van der Waals surface area contributed by atoms with Gasteiger partial charge in [-0.3, -0.25) is 14.4 Å². The van der Waals surface area contributed by atoms with Crippen LogP contribution in [-0.2, 0) is 9.59 Å². The van der Waals surface area contributed by atoms with Crippen molar-refractivity contribution in [1.82, 2.24) is 4.90 Å². The monoisotopic (exact) mass is 252 g/mol. The quantitative estimate of drug-likeness (QED) is 0.646. The van der Waals surface area contributed by atoms with Crippen molar-refractivity contribution in [3.8, 4) is 5.75 Å². The van der Waals surface area contributed by atoms with Gasteiger partial charge < -0.3 is 20.8 Å². The second-order valence-electron chi connectivity index (χ2n) is 3.57. The number of carbonyl (C=O) groups is 3. The summed E-state index contributed by atoms with van der Waals surface area (Å²) in [6, 6.07) is 5.23. The van der Waals surface area contributed by atoms with Gasteiger partial charge in [0.1, 0.15) is 18.8 Å². The molecular weight excluding hydrogens is 240 g/mol. The average molecular weight is 252 g/mol. The molecule has 0 aliphatic carbocycles. The van der Waals surface area contributed by atoms with Crippen molar-refractivity contribution in [2.75, 3.05) is 13.1 Å². The highest BCUT2D eigenvalue weighted by molar-refractivity contribution is 5.98. The minimum atomic E-state index is -1.25. The van der Waals surface area contributed by atoms with Crippen LogP contribution in [0.15, 0.2) is 24.3 Å². The van der Waals surface area contributed by atoms with Crippen LogP contribution in [0.25, 0.3) is 0 Å². The third kappa shape index (κ3) is 3.78. The molecule has 1 rings (SSSR count). The molecule has 0 aliphatic rings. The lowest BCUT2D eigenvalue weighted by molar-refractivity contribution is -0.138. The van der Waals surface area contributed by atoms with Crippen molar-refractivity contribution in [2.45, 2.75) is 0 Å². The lowest BCUT2D eigenvalue weighted by Crippen LogP contribution is -2.41. The third-order valence-electron chi connectivity index (χ3n) is 2.07. The van der Waals surface area contributed by atoms with Crippen molar-refractivity contribution >= 4 is 17.8 Å². The van der Waals surface area contributed by atoms with E-state index in [0.717, 1.165) is 4.90 Å². The number of nitrogens with zero attached hydrogens (tertiary/aromatic N) is 1. The van der Waals surface area contributed by atoms with Gasteiger partial charge in [0.2, 0.25) is 5.91 Å². The Hall–Kier alpha value is -2.57. The summed E-state index contributed by atoms with van der Waals surface area (Å²) >= 11 is 0. The van der Waals surface area contributed by atoms with E-state index in [-0.39, 0.29) is 11.3 Å². The molecule has 96 valence electrons. The fourth-order valence-electron chi connectivity index (χ4n) is 1.34. The van der Waals surface area contributed by atoms with E-state index >= 15 is 0 Å². The van der Waals surface area contributed by atoms with E-state index in [1.165, 1.54) is 24.3 Å². The van der Waals surface area contributed by atoms with Crippen LogP contribution >= 0.6 is 0 Å². The zero-order chi connectivity index (χ0) is 13.7. The molecule has 4 N–H and O–H groups in total. The van der Waals surface area contributed by atoms with Crippen LogP contribution in [0.3, 0.4) is 0 Å².